The van der Waals surface area contributed by atoms with Crippen LogP contribution < -0.4 is 0 Å². The van der Waals surface area contributed by atoms with Crippen molar-refractivity contribution in [2.24, 2.45) is 40.4 Å². The summed E-state index contributed by atoms with van der Waals surface area (Å²) in [6.45, 7) is 10.9. The molecule has 0 radical (unpaired) electrons. The fourth-order valence-corrected chi connectivity index (χ4v) is 8.41. The predicted octanol–water partition coefficient (Wildman–Crippen LogP) is 5.25. The van der Waals surface area contributed by atoms with E-state index in [-0.39, 0.29) is 11.5 Å². The molecule has 3 N–H and O–H groups in total. The molecule has 3 saturated carbocycles. The lowest BCUT2D eigenvalue weighted by atomic mass is 9.46. The zero-order chi connectivity index (χ0) is 21.9. The highest BCUT2D eigenvalue weighted by atomic mass is 16.3. The Labute approximate surface area is 183 Å². The number of fused-ring (bicyclic) bond motifs is 5. The molecule has 9 atom stereocenters. The van der Waals surface area contributed by atoms with Crippen LogP contribution in [-0.4, -0.2) is 33.1 Å². The first kappa shape index (κ1) is 22.6. The van der Waals surface area contributed by atoms with Crippen LogP contribution in [0.25, 0.3) is 0 Å². The largest absolute Gasteiger partial charge is 0.393 e. The monoisotopic (exact) mass is 416 g/mol. The second kappa shape index (κ2) is 7.74. The molecule has 0 aliphatic heterocycles. The van der Waals surface area contributed by atoms with Gasteiger partial charge in [-0.3, -0.25) is 0 Å². The number of hydrogen-bond donors (Lipinski definition) is 3. The fourth-order valence-electron chi connectivity index (χ4n) is 8.41. The average Bonchev–Trinajstić information content (AvgIpc) is 2.99. The molecule has 170 valence electrons. The number of rotatable bonds is 4. The minimum absolute atomic E-state index is 0.136. The van der Waals surface area contributed by atoms with Crippen molar-refractivity contribution in [3.8, 4) is 0 Å². The van der Waals surface area contributed by atoms with Crippen molar-refractivity contribution < 1.29 is 15.3 Å². The van der Waals surface area contributed by atoms with E-state index in [2.05, 4.69) is 32.9 Å². The highest BCUT2D eigenvalue weighted by molar-refractivity contribution is 5.27. The molecule has 0 aromatic carbocycles. The quantitative estimate of drug-likeness (QED) is 0.549. The minimum Gasteiger partial charge on any atom is -0.393 e. The minimum atomic E-state index is -0.726. The number of allylic oxidation sites excluding steroid dienone is 2. The van der Waals surface area contributed by atoms with E-state index >= 15 is 0 Å². The molecule has 0 bridgehead atoms. The van der Waals surface area contributed by atoms with E-state index in [9.17, 15) is 15.3 Å². The standard InChI is InChI=1S/C27H44O3/c1-17(7-6-13-25(2,3)30)21-10-11-22-20-9-8-18-15-19(28)16-24(29)27(18,5)23(20)12-14-26(21,22)4/h6,8,13,17,19-24,28-30H,7,9-12,14-16H2,1-5H3/t17-,19-,20+,21-,22+,23+,24+,26-,27+/m1/s1. The van der Waals surface area contributed by atoms with E-state index in [4.69, 9.17) is 0 Å². The molecular weight excluding hydrogens is 372 g/mol. The van der Waals surface area contributed by atoms with Crippen LogP contribution in [0.4, 0.5) is 0 Å². The van der Waals surface area contributed by atoms with Gasteiger partial charge >= 0.3 is 0 Å². The summed E-state index contributed by atoms with van der Waals surface area (Å²) in [7, 11) is 0. The predicted molar refractivity (Wildman–Crippen MR) is 122 cm³/mol. The van der Waals surface area contributed by atoms with E-state index in [0.29, 0.717) is 29.6 Å². The zero-order valence-electron chi connectivity index (χ0n) is 19.8. The van der Waals surface area contributed by atoms with Crippen LogP contribution in [0.2, 0.25) is 0 Å². The maximum Gasteiger partial charge on any atom is 0.0771 e. The van der Waals surface area contributed by atoms with Gasteiger partial charge in [0.1, 0.15) is 0 Å². The van der Waals surface area contributed by atoms with Crippen LogP contribution in [0.5, 0.6) is 0 Å². The fraction of sp³-hybridized carbons (Fsp3) is 0.852. The molecule has 4 rings (SSSR count). The Morgan fingerprint density at radius 3 is 2.60 bits per heavy atom. The van der Waals surface area contributed by atoms with Gasteiger partial charge in [-0.25, -0.2) is 0 Å². The zero-order valence-corrected chi connectivity index (χ0v) is 19.8. The van der Waals surface area contributed by atoms with Crippen molar-refractivity contribution in [2.75, 3.05) is 0 Å². The second-order valence-corrected chi connectivity index (χ2v) is 12.2. The van der Waals surface area contributed by atoms with Gasteiger partial charge in [0.05, 0.1) is 17.8 Å². The van der Waals surface area contributed by atoms with Gasteiger partial charge in [-0.2, -0.15) is 0 Å². The smallest absolute Gasteiger partial charge is 0.0771 e. The normalized spacial score (nSPS) is 47.4. The van der Waals surface area contributed by atoms with Gasteiger partial charge in [0, 0.05) is 11.8 Å². The maximum atomic E-state index is 11.1. The summed E-state index contributed by atoms with van der Waals surface area (Å²) in [4.78, 5) is 0. The van der Waals surface area contributed by atoms with Crippen LogP contribution in [0.3, 0.4) is 0 Å². The summed E-state index contributed by atoms with van der Waals surface area (Å²) in [6, 6.07) is 0. The Morgan fingerprint density at radius 2 is 1.90 bits per heavy atom. The summed E-state index contributed by atoms with van der Waals surface area (Å²) in [6.07, 6.45) is 14.3. The first-order chi connectivity index (χ1) is 14.0. The number of aliphatic hydroxyl groups is 3. The Bertz CT molecular complexity index is 703. The van der Waals surface area contributed by atoms with Gasteiger partial charge in [0.15, 0.2) is 0 Å². The van der Waals surface area contributed by atoms with Crippen LogP contribution >= 0.6 is 0 Å². The Balaban J connectivity index is 1.53. The van der Waals surface area contributed by atoms with E-state index in [1.807, 2.05) is 19.9 Å². The number of hydrogen-bond acceptors (Lipinski definition) is 3. The van der Waals surface area contributed by atoms with Gasteiger partial charge in [-0.1, -0.05) is 44.6 Å². The highest BCUT2D eigenvalue weighted by Gasteiger charge is 2.60. The molecule has 0 spiro atoms. The van der Waals surface area contributed by atoms with Crippen LogP contribution in [0.15, 0.2) is 23.8 Å². The van der Waals surface area contributed by atoms with Crippen molar-refractivity contribution in [3.63, 3.8) is 0 Å². The van der Waals surface area contributed by atoms with Crippen molar-refractivity contribution in [2.45, 2.75) is 104 Å². The van der Waals surface area contributed by atoms with Gasteiger partial charge in [-0.15, -0.1) is 0 Å². The summed E-state index contributed by atoms with van der Waals surface area (Å²) >= 11 is 0. The molecule has 0 unspecified atom stereocenters. The lowest BCUT2D eigenvalue weighted by molar-refractivity contribution is -0.107. The molecule has 3 fully saturated rings. The second-order valence-electron chi connectivity index (χ2n) is 12.2. The topological polar surface area (TPSA) is 60.7 Å². The van der Waals surface area contributed by atoms with Crippen molar-refractivity contribution in [1.29, 1.82) is 0 Å². The molecule has 3 heteroatoms. The Morgan fingerprint density at radius 1 is 1.17 bits per heavy atom. The molecule has 0 aromatic heterocycles. The average molecular weight is 417 g/mol. The molecule has 3 nitrogen and oxygen atoms in total. The first-order valence-corrected chi connectivity index (χ1v) is 12.4. The van der Waals surface area contributed by atoms with Gasteiger partial charge in [0.2, 0.25) is 0 Å². The molecule has 0 amide bonds. The molecular formula is C27H44O3. The molecule has 4 aliphatic rings. The SMILES string of the molecule is C[C@H](CC=CC(C)(C)O)[C@H]1CC[C@H]2[C@@H]3CC=C4C[C@@H](O)C[C@H](O)[C@]4(C)[C@H]3CC[C@]12C. The third-order valence-corrected chi connectivity index (χ3v) is 9.97. The Hall–Kier alpha value is -0.640. The van der Waals surface area contributed by atoms with E-state index in [1.54, 1.807) is 0 Å². The molecule has 0 saturated heterocycles. The van der Waals surface area contributed by atoms with E-state index in [1.165, 1.54) is 31.3 Å². The number of aliphatic hydroxyl groups excluding tert-OH is 2. The summed E-state index contributed by atoms with van der Waals surface area (Å²) in [5.41, 5.74) is 0.862. The van der Waals surface area contributed by atoms with E-state index < -0.39 is 11.7 Å². The third kappa shape index (κ3) is 3.63. The first-order valence-electron chi connectivity index (χ1n) is 12.4. The van der Waals surface area contributed by atoms with Gasteiger partial charge < -0.3 is 15.3 Å². The lowest BCUT2D eigenvalue weighted by Gasteiger charge is -2.59. The summed E-state index contributed by atoms with van der Waals surface area (Å²) in [5, 5.41) is 31.3. The van der Waals surface area contributed by atoms with E-state index in [0.717, 1.165) is 31.1 Å². The highest BCUT2D eigenvalue weighted by Crippen LogP contribution is 2.67. The maximum absolute atomic E-state index is 11.1. The van der Waals surface area contributed by atoms with Crippen LogP contribution in [0.1, 0.15) is 86.0 Å². The summed E-state index contributed by atoms with van der Waals surface area (Å²) in [5.74, 6) is 3.35. The van der Waals surface area contributed by atoms with Crippen LogP contribution in [0, 0.1) is 40.4 Å². The van der Waals surface area contributed by atoms with Gasteiger partial charge in [0.25, 0.3) is 0 Å². The van der Waals surface area contributed by atoms with Crippen molar-refractivity contribution in [1.82, 2.24) is 0 Å². The third-order valence-electron chi connectivity index (χ3n) is 9.97. The van der Waals surface area contributed by atoms with Crippen molar-refractivity contribution >= 4 is 0 Å². The molecule has 4 aliphatic carbocycles. The molecule has 0 heterocycles. The van der Waals surface area contributed by atoms with Gasteiger partial charge in [-0.05, 0) is 93.8 Å². The lowest BCUT2D eigenvalue weighted by Crippen LogP contribution is -2.55. The van der Waals surface area contributed by atoms with Crippen LogP contribution in [-0.2, 0) is 0 Å². The molecule has 30 heavy (non-hydrogen) atoms. The van der Waals surface area contributed by atoms with Crippen molar-refractivity contribution in [3.05, 3.63) is 23.8 Å². The molecule has 0 aromatic rings. The summed E-state index contributed by atoms with van der Waals surface area (Å²) < 4.78 is 0. The Kier molecular flexibility index (Phi) is 5.82.